The molecule has 5 nitrogen and oxygen atoms in total. The van der Waals surface area contributed by atoms with Gasteiger partial charge in [0.15, 0.2) is 0 Å². The molecule has 2 rings (SSSR count). The molecule has 1 unspecified atom stereocenters. The Labute approximate surface area is 128 Å². The predicted octanol–water partition coefficient (Wildman–Crippen LogP) is 1.28. The number of piperidine rings is 1. The molecule has 2 fully saturated rings. The summed E-state index contributed by atoms with van der Waals surface area (Å²) in [7, 11) is 3.27. The van der Waals surface area contributed by atoms with E-state index in [1.807, 2.05) is 0 Å². The normalized spacial score (nSPS) is 23.8. The smallest absolute Gasteiger partial charge is 0.327 e. The summed E-state index contributed by atoms with van der Waals surface area (Å²) in [6, 6.07) is 0. The van der Waals surface area contributed by atoms with E-state index in [1.165, 1.54) is 7.11 Å². The summed E-state index contributed by atoms with van der Waals surface area (Å²) < 4.78 is 10.4. The van der Waals surface area contributed by atoms with Crippen LogP contribution >= 0.6 is 0 Å². The number of methoxy groups -OCH3 is 2. The Hall–Kier alpha value is -0.650. The van der Waals surface area contributed by atoms with Crippen molar-refractivity contribution in [3.63, 3.8) is 0 Å². The van der Waals surface area contributed by atoms with Crippen LogP contribution in [0, 0.1) is 11.8 Å². The molecule has 1 heterocycles. The number of esters is 1. The summed E-state index contributed by atoms with van der Waals surface area (Å²) >= 11 is 0. The lowest BCUT2D eigenvalue weighted by Crippen LogP contribution is -2.62. The van der Waals surface area contributed by atoms with Gasteiger partial charge in [-0.25, -0.2) is 4.79 Å². The summed E-state index contributed by atoms with van der Waals surface area (Å²) in [5, 5.41) is 3.45. The topological polar surface area (TPSA) is 50.8 Å². The van der Waals surface area contributed by atoms with Crippen LogP contribution in [-0.4, -0.2) is 63.4 Å². The number of nitrogens with one attached hydrogen (secondary N) is 1. The van der Waals surface area contributed by atoms with Crippen LogP contribution in [0.5, 0.6) is 0 Å². The van der Waals surface area contributed by atoms with E-state index in [-0.39, 0.29) is 5.97 Å². The molecule has 1 aliphatic carbocycles. The predicted molar refractivity (Wildman–Crippen MR) is 82.2 cm³/mol. The number of hydrogen-bond acceptors (Lipinski definition) is 5. The molecule has 1 aliphatic heterocycles. The molecule has 0 spiro atoms. The number of likely N-dealkylation sites (tertiary alicyclic amines) is 1. The van der Waals surface area contributed by atoms with E-state index < -0.39 is 5.54 Å². The molecular formula is C16H30N2O3. The van der Waals surface area contributed by atoms with E-state index in [0.717, 1.165) is 58.5 Å². The first kappa shape index (κ1) is 16.7. The summed E-state index contributed by atoms with van der Waals surface area (Å²) in [6.07, 6.45) is 4.56. The van der Waals surface area contributed by atoms with Gasteiger partial charge in [-0.3, -0.25) is 0 Å². The zero-order valence-corrected chi connectivity index (χ0v) is 13.7. The second-order valence-corrected chi connectivity index (χ2v) is 6.44. The first-order chi connectivity index (χ1) is 10.2. The molecule has 0 radical (unpaired) electrons. The average Bonchev–Trinajstić information content (AvgIpc) is 3.33. The number of carbonyl (C=O) groups excluding carboxylic acids is 1. The van der Waals surface area contributed by atoms with E-state index in [4.69, 9.17) is 9.47 Å². The van der Waals surface area contributed by atoms with Crippen LogP contribution in [0.3, 0.4) is 0 Å². The molecule has 0 aromatic heterocycles. The third-order valence-corrected chi connectivity index (χ3v) is 4.90. The quantitative estimate of drug-likeness (QED) is 0.684. The highest BCUT2D eigenvalue weighted by molar-refractivity contribution is 5.82. The van der Waals surface area contributed by atoms with Gasteiger partial charge in [-0.2, -0.15) is 0 Å². The third-order valence-electron chi connectivity index (χ3n) is 4.90. The van der Waals surface area contributed by atoms with Crippen molar-refractivity contribution in [3.8, 4) is 0 Å². The Morgan fingerprint density at radius 3 is 2.38 bits per heavy atom. The first-order valence-electron chi connectivity index (χ1n) is 8.21. The minimum absolute atomic E-state index is 0.0918. The highest BCUT2D eigenvalue weighted by atomic mass is 16.5. The van der Waals surface area contributed by atoms with Crippen molar-refractivity contribution < 1.29 is 14.3 Å². The van der Waals surface area contributed by atoms with Gasteiger partial charge in [0.2, 0.25) is 0 Å². The SMILES string of the molecule is CCNC(CN1CCC(COC)CC1)(C(=O)OC)C1CC1. The van der Waals surface area contributed by atoms with E-state index in [0.29, 0.717) is 11.8 Å². The largest absolute Gasteiger partial charge is 0.468 e. The molecule has 0 aromatic carbocycles. The maximum absolute atomic E-state index is 12.4. The first-order valence-corrected chi connectivity index (χ1v) is 8.21. The minimum Gasteiger partial charge on any atom is -0.468 e. The Morgan fingerprint density at radius 1 is 1.24 bits per heavy atom. The molecule has 1 N–H and O–H groups in total. The van der Waals surface area contributed by atoms with Crippen LogP contribution in [0.2, 0.25) is 0 Å². The van der Waals surface area contributed by atoms with Crippen LogP contribution in [-0.2, 0) is 14.3 Å². The van der Waals surface area contributed by atoms with Crippen molar-refractivity contribution in [1.82, 2.24) is 10.2 Å². The Balaban J connectivity index is 1.97. The summed E-state index contributed by atoms with van der Waals surface area (Å²) in [5.74, 6) is 1.01. The fraction of sp³-hybridized carbons (Fsp3) is 0.938. The zero-order chi connectivity index (χ0) is 15.3. The standard InChI is InChI=1S/C16H30N2O3/c1-4-17-16(14-5-6-14,15(19)21-3)12-18-9-7-13(8-10-18)11-20-2/h13-14,17H,4-12H2,1-3H3. The lowest BCUT2D eigenvalue weighted by molar-refractivity contribution is -0.151. The molecule has 122 valence electrons. The van der Waals surface area contributed by atoms with Gasteiger partial charge in [-0.15, -0.1) is 0 Å². The minimum atomic E-state index is -0.502. The van der Waals surface area contributed by atoms with Gasteiger partial charge in [-0.1, -0.05) is 6.92 Å². The van der Waals surface area contributed by atoms with Gasteiger partial charge >= 0.3 is 5.97 Å². The van der Waals surface area contributed by atoms with Crippen molar-refractivity contribution in [2.24, 2.45) is 11.8 Å². The molecule has 1 saturated carbocycles. The van der Waals surface area contributed by atoms with Crippen molar-refractivity contribution >= 4 is 5.97 Å². The van der Waals surface area contributed by atoms with Crippen molar-refractivity contribution in [2.75, 3.05) is 47.0 Å². The number of carbonyl (C=O) groups is 1. The van der Waals surface area contributed by atoms with Gasteiger partial charge in [0.05, 0.1) is 7.11 Å². The van der Waals surface area contributed by atoms with E-state index in [2.05, 4.69) is 17.1 Å². The second-order valence-electron chi connectivity index (χ2n) is 6.44. The van der Waals surface area contributed by atoms with Gasteiger partial charge in [0.25, 0.3) is 0 Å². The molecule has 0 amide bonds. The third kappa shape index (κ3) is 3.96. The van der Waals surface area contributed by atoms with Gasteiger partial charge < -0.3 is 19.7 Å². The maximum Gasteiger partial charge on any atom is 0.327 e. The molecule has 1 atom stereocenters. The Kier molecular flexibility index (Phi) is 6.02. The van der Waals surface area contributed by atoms with Crippen LogP contribution in [0.25, 0.3) is 0 Å². The van der Waals surface area contributed by atoms with E-state index in [9.17, 15) is 4.79 Å². The maximum atomic E-state index is 12.4. The van der Waals surface area contributed by atoms with Crippen molar-refractivity contribution in [2.45, 2.75) is 38.1 Å². The van der Waals surface area contributed by atoms with E-state index in [1.54, 1.807) is 7.11 Å². The average molecular weight is 298 g/mol. The molecule has 0 bridgehead atoms. The highest BCUT2D eigenvalue weighted by Gasteiger charge is 2.52. The fourth-order valence-corrected chi connectivity index (χ4v) is 3.61. The molecule has 1 saturated heterocycles. The molecule has 0 aromatic rings. The molecule has 21 heavy (non-hydrogen) atoms. The van der Waals surface area contributed by atoms with Crippen molar-refractivity contribution in [1.29, 1.82) is 0 Å². The van der Waals surface area contributed by atoms with Crippen LogP contribution in [0.15, 0.2) is 0 Å². The second kappa shape index (κ2) is 7.56. The Bertz CT molecular complexity index is 338. The monoisotopic (exact) mass is 298 g/mol. The lowest BCUT2D eigenvalue weighted by atomic mass is 9.90. The molecular weight excluding hydrogens is 268 g/mol. The highest BCUT2D eigenvalue weighted by Crippen LogP contribution is 2.41. The number of likely N-dealkylation sites (N-methyl/N-ethyl adjacent to an activating group) is 1. The summed E-state index contributed by atoms with van der Waals surface area (Å²) in [4.78, 5) is 14.8. The van der Waals surface area contributed by atoms with Gasteiger partial charge in [0, 0.05) is 20.3 Å². The zero-order valence-electron chi connectivity index (χ0n) is 13.7. The number of ether oxygens (including phenoxy) is 2. The van der Waals surface area contributed by atoms with Crippen molar-refractivity contribution in [3.05, 3.63) is 0 Å². The van der Waals surface area contributed by atoms with Crippen LogP contribution in [0.4, 0.5) is 0 Å². The van der Waals surface area contributed by atoms with Gasteiger partial charge in [0.1, 0.15) is 5.54 Å². The summed E-state index contributed by atoms with van der Waals surface area (Å²) in [5.41, 5.74) is -0.502. The van der Waals surface area contributed by atoms with Crippen LogP contribution < -0.4 is 5.32 Å². The fourth-order valence-electron chi connectivity index (χ4n) is 3.61. The number of rotatable bonds is 8. The van der Waals surface area contributed by atoms with Crippen LogP contribution in [0.1, 0.15) is 32.6 Å². The molecule has 2 aliphatic rings. The van der Waals surface area contributed by atoms with E-state index >= 15 is 0 Å². The lowest BCUT2D eigenvalue weighted by Gasteiger charge is -2.40. The van der Waals surface area contributed by atoms with Gasteiger partial charge in [-0.05, 0) is 57.2 Å². The summed E-state index contributed by atoms with van der Waals surface area (Å²) in [6.45, 7) is 6.58. The molecule has 5 heteroatoms. The number of hydrogen-bond donors (Lipinski definition) is 1. The Morgan fingerprint density at radius 2 is 1.90 bits per heavy atom. The number of nitrogens with zero attached hydrogens (tertiary/aromatic N) is 1.